The molecule has 0 bridgehead atoms. The summed E-state index contributed by atoms with van der Waals surface area (Å²) in [6, 6.07) is 17.5. The van der Waals surface area contributed by atoms with E-state index in [1.165, 1.54) is 4.57 Å². The highest BCUT2D eigenvalue weighted by molar-refractivity contribution is 5.93. The van der Waals surface area contributed by atoms with Gasteiger partial charge in [-0.1, -0.05) is 42.0 Å². The number of carbonyl (C=O) groups excluding carboxylic acids is 2. The van der Waals surface area contributed by atoms with Crippen LogP contribution in [0, 0.1) is 20.8 Å². The smallest absolute Gasteiger partial charge is 0.336 e. The second-order valence-corrected chi connectivity index (χ2v) is 10.6. The number of carbonyl (C=O) groups is 2. The first-order valence-corrected chi connectivity index (χ1v) is 13.8. The molecule has 2 amide bonds. The van der Waals surface area contributed by atoms with Crippen LogP contribution in [0.5, 0.6) is 0 Å². The maximum absolute atomic E-state index is 13.7. The first-order valence-electron chi connectivity index (χ1n) is 13.8. The first-order chi connectivity index (χ1) is 19.7. The zero-order valence-electron chi connectivity index (χ0n) is 23.5. The zero-order valence-corrected chi connectivity index (χ0v) is 23.5. The van der Waals surface area contributed by atoms with Gasteiger partial charge in [-0.3, -0.25) is 19.0 Å². The van der Waals surface area contributed by atoms with E-state index in [2.05, 4.69) is 10.6 Å². The van der Waals surface area contributed by atoms with Gasteiger partial charge in [0.1, 0.15) is 6.54 Å². The van der Waals surface area contributed by atoms with Crippen LogP contribution in [-0.4, -0.2) is 40.2 Å². The minimum Gasteiger partial charge on any atom is -0.376 e. The molecule has 1 aliphatic rings. The van der Waals surface area contributed by atoms with Crippen LogP contribution < -0.4 is 21.9 Å². The molecular weight excluding hydrogens is 520 g/mol. The number of aryl methyl sites for hydroxylation is 3. The lowest BCUT2D eigenvalue weighted by Crippen LogP contribution is -2.40. The minimum absolute atomic E-state index is 0.0651. The molecule has 0 aliphatic carbocycles. The molecule has 1 aromatic heterocycles. The molecule has 1 fully saturated rings. The van der Waals surface area contributed by atoms with Gasteiger partial charge in [0.2, 0.25) is 11.8 Å². The van der Waals surface area contributed by atoms with E-state index in [0.29, 0.717) is 28.8 Å². The number of anilines is 1. The van der Waals surface area contributed by atoms with E-state index in [-0.39, 0.29) is 30.9 Å². The number of aromatic nitrogens is 2. The van der Waals surface area contributed by atoms with Gasteiger partial charge in [-0.15, -0.1) is 0 Å². The van der Waals surface area contributed by atoms with Crippen molar-refractivity contribution in [2.75, 3.05) is 18.5 Å². The normalized spacial score (nSPS) is 14.8. The van der Waals surface area contributed by atoms with Crippen LogP contribution in [0.15, 0.2) is 70.3 Å². The van der Waals surface area contributed by atoms with E-state index in [4.69, 9.17) is 4.74 Å². The van der Waals surface area contributed by atoms with Gasteiger partial charge in [0, 0.05) is 18.8 Å². The van der Waals surface area contributed by atoms with Crippen LogP contribution in [0.1, 0.15) is 35.1 Å². The van der Waals surface area contributed by atoms with Gasteiger partial charge in [0.05, 0.1) is 29.1 Å². The molecule has 5 rings (SSSR count). The summed E-state index contributed by atoms with van der Waals surface area (Å²) in [5.41, 5.74) is 4.05. The summed E-state index contributed by atoms with van der Waals surface area (Å²) in [5, 5.41) is 6.16. The second-order valence-electron chi connectivity index (χ2n) is 10.6. The van der Waals surface area contributed by atoms with Crippen LogP contribution in [0.2, 0.25) is 0 Å². The van der Waals surface area contributed by atoms with Crippen LogP contribution in [0.4, 0.5) is 5.69 Å². The van der Waals surface area contributed by atoms with E-state index in [1.54, 1.807) is 48.5 Å². The number of hydrogen-bond donors (Lipinski definition) is 2. The third kappa shape index (κ3) is 6.15. The molecule has 9 heteroatoms. The van der Waals surface area contributed by atoms with Crippen LogP contribution >= 0.6 is 0 Å². The molecule has 1 saturated heterocycles. The average molecular weight is 555 g/mol. The summed E-state index contributed by atoms with van der Waals surface area (Å²) in [7, 11) is 0. The molecule has 0 saturated carbocycles. The lowest BCUT2D eigenvalue weighted by molar-refractivity contribution is -0.121. The van der Waals surface area contributed by atoms with E-state index >= 15 is 0 Å². The minimum atomic E-state index is -0.622. The molecule has 1 aliphatic heterocycles. The monoisotopic (exact) mass is 554 g/mol. The van der Waals surface area contributed by atoms with Crippen molar-refractivity contribution in [1.29, 1.82) is 0 Å². The third-order valence-corrected chi connectivity index (χ3v) is 7.40. The maximum atomic E-state index is 13.7. The number of hydrogen-bond acceptors (Lipinski definition) is 5. The molecular formula is C32H34N4O5. The van der Waals surface area contributed by atoms with Gasteiger partial charge >= 0.3 is 5.69 Å². The Morgan fingerprint density at radius 2 is 1.66 bits per heavy atom. The van der Waals surface area contributed by atoms with Crippen molar-refractivity contribution in [3.8, 4) is 5.69 Å². The number of fused-ring (bicyclic) bond motifs is 1. The standard InChI is InChI=1S/C32H34N4O5/c1-20-15-21(2)30(22(3)16-20)34-29(38)19-35-27-9-5-4-8-26(27)31(39)36(32(35)40)24-12-10-23(11-13-24)17-28(37)33-18-25-7-6-14-41-25/h4-5,8-13,15-16,25H,6-7,14,17-19H2,1-3H3,(H,33,37)(H,34,38)/t25-/m1/s1. The maximum Gasteiger partial charge on any atom is 0.336 e. The van der Waals surface area contributed by atoms with Gasteiger partial charge in [-0.2, -0.15) is 0 Å². The van der Waals surface area contributed by atoms with E-state index < -0.39 is 11.2 Å². The predicted molar refractivity (Wildman–Crippen MR) is 159 cm³/mol. The Hall–Kier alpha value is -4.50. The van der Waals surface area contributed by atoms with Crippen molar-refractivity contribution < 1.29 is 14.3 Å². The summed E-state index contributed by atoms with van der Waals surface area (Å²) in [6.45, 7) is 6.79. The molecule has 4 aromatic rings. The largest absolute Gasteiger partial charge is 0.376 e. The Labute approximate surface area is 237 Å². The Morgan fingerprint density at radius 3 is 2.34 bits per heavy atom. The Morgan fingerprint density at radius 1 is 0.951 bits per heavy atom. The highest BCUT2D eigenvalue weighted by Crippen LogP contribution is 2.22. The molecule has 2 N–H and O–H groups in total. The van der Waals surface area contributed by atoms with Crippen LogP contribution in [0.25, 0.3) is 16.6 Å². The second kappa shape index (κ2) is 11.9. The lowest BCUT2D eigenvalue weighted by atomic mass is 10.1. The number of para-hydroxylation sites is 1. The third-order valence-electron chi connectivity index (χ3n) is 7.40. The van der Waals surface area contributed by atoms with Gasteiger partial charge in [0.15, 0.2) is 0 Å². The van der Waals surface area contributed by atoms with Crippen molar-refractivity contribution in [1.82, 2.24) is 14.5 Å². The molecule has 41 heavy (non-hydrogen) atoms. The Bertz CT molecular complexity index is 1710. The predicted octanol–water partition coefficient (Wildman–Crippen LogP) is 3.55. The Balaban J connectivity index is 1.41. The fraction of sp³-hybridized carbons (Fsp3) is 0.312. The summed E-state index contributed by atoms with van der Waals surface area (Å²) in [4.78, 5) is 52.7. The number of benzene rings is 3. The number of ether oxygens (including phenoxy) is 1. The average Bonchev–Trinajstić information content (AvgIpc) is 3.47. The topological polar surface area (TPSA) is 111 Å². The van der Waals surface area contributed by atoms with E-state index in [0.717, 1.165) is 46.3 Å². The van der Waals surface area contributed by atoms with Gasteiger partial charge in [-0.05, 0) is 74.6 Å². The highest BCUT2D eigenvalue weighted by Gasteiger charge is 2.19. The zero-order chi connectivity index (χ0) is 29.1. The number of amides is 2. The fourth-order valence-corrected chi connectivity index (χ4v) is 5.44. The van der Waals surface area contributed by atoms with Gasteiger partial charge in [-0.25, -0.2) is 9.36 Å². The molecule has 212 valence electrons. The van der Waals surface area contributed by atoms with Crippen molar-refractivity contribution in [3.05, 3.63) is 104 Å². The lowest BCUT2D eigenvalue weighted by Gasteiger charge is -2.16. The molecule has 1 atom stereocenters. The Kier molecular flexibility index (Phi) is 8.16. The SMILES string of the molecule is Cc1cc(C)c(NC(=O)Cn2c(=O)n(-c3ccc(CC(=O)NC[C@H]4CCCO4)cc3)c(=O)c3ccccc32)c(C)c1. The number of rotatable bonds is 8. The van der Waals surface area contributed by atoms with Crippen molar-refractivity contribution >= 4 is 28.4 Å². The molecule has 0 spiro atoms. The molecule has 3 aromatic carbocycles. The number of nitrogens with one attached hydrogen (secondary N) is 2. The fourth-order valence-electron chi connectivity index (χ4n) is 5.44. The molecule has 9 nitrogen and oxygen atoms in total. The van der Waals surface area contributed by atoms with Gasteiger partial charge < -0.3 is 15.4 Å². The van der Waals surface area contributed by atoms with E-state index in [1.807, 2.05) is 32.9 Å². The van der Waals surface area contributed by atoms with Crippen molar-refractivity contribution in [2.45, 2.75) is 52.7 Å². The number of nitrogens with zero attached hydrogens (tertiary/aromatic N) is 2. The molecule has 0 radical (unpaired) electrons. The van der Waals surface area contributed by atoms with E-state index in [9.17, 15) is 19.2 Å². The van der Waals surface area contributed by atoms with Crippen LogP contribution in [0.3, 0.4) is 0 Å². The first kappa shape index (κ1) is 28.0. The summed E-state index contributed by atoms with van der Waals surface area (Å²) in [5.74, 6) is -0.495. The molecule has 0 unspecified atom stereocenters. The summed E-state index contributed by atoms with van der Waals surface area (Å²) >= 11 is 0. The molecule has 2 heterocycles. The van der Waals surface area contributed by atoms with Crippen molar-refractivity contribution in [2.24, 2.45) is 0 Å². The highest BCUT2D eigenvalue weighted by atomic mass is 16.5. The van der Waals surface area contributed by atoms with Crippen molar-refractivity contribution in [3.63, 3.8) is 0 Å². The van der Waals surface area contributed by atoms with Crippen LogP contribution in [-0.2, 0) is 27.3 Å². The summed E-state index contributed by atoms with van der Waals surface area (Å²) in [6.07, 6.45) is 2.19. The quantitative estimate of drug-likeness (QED) is 0.346. The summed E-state index contributed by atoms with van der Waals surface area (Å²) < 4.78 is 7.93. The van der Waals surface area contributed by atoms with Gasteiger partial charge in [0.25, 0.3) is 5.56 Å².